The van der Waals surface area contributed by atoms with E-state index in [4.69, 9.17) is 27.9 Å². The van der Waals surface area contributed by atoms with Crippen molar-refractivity contribution in [3.63, 3.8) is 0 Å². The Morgan fingerprint density at radius 1 is 1.24 bits per heavy atom. The number of halogens is 2. The van der Waals surface area contributed by atoms with Gasteiger partial charge in [0.25, 0.3) is 0 Å². The van der Waals surface area contributed by atoms with Gasteiger partial charge in [-0.25, -0.2) is 0 Å². The summed E-state index contributed by atoms with van der Waals surface area (Å²) in [6.45, 7) is 0. The smallest absolute Gasteiger partial charge is 0.234 e. The van der Waals surface area contributed by atoms with E-state index in [1.165, 1.54) is 11.8 Å². The SMILES string of the molecule is COc1ccccc1NC(=O)CSc1ccc(Cl)cc1Cl. The van der Waals surface area contributed by atoms with Crippen molar-refractivity contribution < 1.29 is 9.53 Å². The first-order valence-corrected chi connectivity index (χ1v) is 7.85. The van der Waals surface area contributed by atoms with Crippen molar-refractivity contribution in [1.82, 2.24) is 0 Å². The first-order chi connectivity index (χ1) is 10.1. The van der Waals surface area contributed by atoms with Gasteiger partial charge in [0, 0.05) is 9.92 Å². The summed E-state index contributed by atoms with van der Waals surface area (Å²) in [5.74, 6) is 0.746. The summed E-state index contributed by atoms with van der Waals surface area (Å²) in [6.07, 6.45) is 0. The largest absolute Gasteiger partial charge is 0.495 e. The van der Waals surface area contributed by atoms with E-state index in [9.17, 15) is 4.79 Å². The van der Waals surface area contributed by atoms with Crippen LogP contribution in [0.5, 0.6) is 5.75 Å². The molecule has 0 heterocycles. The lowest BCUT2D eigenvalue weighted by molar-refractivity contribution is -0.113. The molecule has 110 valence electrons. The topological polar surface area (TPSA) is 38.3 Å². The van der Waals surface area contributed by atoms with Crippen LogP contribution in [-0.4, -0.2) is 18.8 Å². The Hall–Kier alpha value is -1.36. The van der Waals surface area contributed by atoms with Crippen LogP contribution < -0.4 is 10.1 Å². The lowest BCUT2D eigenvalue weighted by Crippen LogP contribution is -2.14. The highest BCUT2D eigenvalue weighted by Crippen LogP contribution is 2.30. The molecule has 0 unspecified atom stereocenters. The number of nitrogens with one attached hydrogen (secondary N) is 1. The molecule has 0 bridgehead atoms. The minimum Gasteiger partial charge on any atom is -0.495 e. The summed E-state index contributed by atoms with van der Waals surface area (Å²) >= 11 is 13.3. The highest BCUT2D eigenvalue weighted by atomic mass is 35.5. The molecule has 0 atom stereocenters. The van der Waals surface area contributed by atoms with Crippen molar-refractivity contribution in [3.8, 4) is 5.75 Å². The number of carbonyl (C=O) groups is 1. The lowest BCUT2D eigenvalue weighted by Gasteiger charge is -2.10. The number of rotatable bonds is 5. The molecule has 1 N–H and O–H groups in total. The maximum Gasteiger partial charge on any atom is 0.234 e. The van der Waals surface area contributed by atoms with Crippen molar-refractivity contribution in [3.05, 3.63) is 52.5 Å². The molecule has 3 nitrogen and oxygen atoms in total. The van der Waals surface area contributed by atoms with E-state index < -0.39 is 0 Å². The zero-order valence-electron chi connectivity index (χ0n) is 11.2. The van der Waals surface area contributed by atoms with Crippen LogP contribution in [0.3, 0.4) is 0 Å². The number of anilines is 1. The fourth-order valence-electron chi connectivity index (χ4n) is 1.67. The Balaban J connectivity index is 1.96. The Morgan fingerprint density at radius 3 is 2.71 bits per heavy atom. The molecular weight excluding hydrogens is 329 g/mol. The summed E-state index contributed by atoms with van der Waals surface area (Å²) < 4.78 is 5.18. The Bertz CT molecular complexity index is 649. The van der Waals surface area contributed by atoms with E-state index in [0.717, 1.165) is 4.90 Å². The fourth-order valence-corrected chi connectivity index (χ4v) is 2.96. The number of hydrogen-bond donors (Lipinski definition) is 1. The zero-order chi connectivity index (χ0) is 15.2. The van der Waals surface area contributed by atoms with Crippen LogP contribution in [0.4, 0.5) is 5.69 Å². The van der Waals surface area contributed by atoms with Crippen LogP contribution in [0, 0.1) is 0 Å². The normalized spacial score (nSPS) is 10.2. The van der Waals surface area contributed by atoms with Crippen LogP contribution in [0.15, 0.2) is 47.4 Å². The number of benzene rings is 2. The number of para-hydroxylation sites is 2. The maximum atomic E-state index is 12.0. The maximum absolute atomic E-state index is 12.0. The Kier molecular flexibility index (Phi) is 5.79. The van der Waals surface area contributed by atoms with Gasteiger partial charge in [-0.2, -0.15) is 0 Å². The predicted molar refractivity (Wildman–Crippen MR) is 88.8 cm³/mol. The number of ether oxygens (including phenoxy) is 1. The molecule has 2 aromatic carbocycles. The van der Waals surface area contributed by atoms with Gasteiger partial charge < -0.3 is 10.1 Å². The minimum absolute atomic E-state index is 0.129. The molecule has 0 radical (unpaired) electrons. The van der Waals surface area contributed by atoms with Crippen LogP contribution in [0.1, 0.15) is 0 Å². The molecule has 0 saturated carbocycles. The summed E-state index contributed by atoms with van der Waals surface area (Å²) in [5.41, 5.74) is 0.646. The minimum atomic E-state index is -0.129. The number of hydrogen-bond acceptors (Lipinski definition) is 3. The van der Waals surface area contributed by atoms with Gasteiger partial charge in [-0.1, -0.05) is 35.3 Å². The van der Waals surface area contributed by atoms with Gasteiger partial charge >= 0.3 is 0 Å². The average molecular weight is 342 g/mol. The van der Waals surface area contributed by atoms with Crippen LogP contribution >= 0.6 is 35.0 Å². The number of amides is 1. The third kappa shape index (κ3) is 4.56. The summed E-state index contributed by atoms with van der Waals surface area (Å²) in [6, 6.07) is 12.5. The second-order valence-electron chi connectivity index (χ2n) is 4.11. The monoisotopic (exact) mass is 341 g/mol. The number of thioether (sulfide) groups is 1. The third-order valence-electron chi connectivity index (χ3n) is 2.63. The molecule has 0 aliphatic rings. The molecule has 0 saturated heterocycles. The van der Waals surface area contributed by atoms with E-state index in [0.29, 0.717) is 21.5 Å². The molecule has 0 aliphatic heterocycles. The average Bonchev–Trinajstić information content (AvgIpc) is 2.47. The first-order valence-electron chi connectivity index (χ1n) is 6.11. The highest BCUT2D eigenvalue weighted by molar-refractivity contribution is 8.00. The van der Waals surface area contributed by atoms with E-state index >= 15 is 0 Å². The quantitative estimate of drug-likeness (QED) is 0.798. The Morgan fingerprint density at radius 2 is 2.00 bits per heavy atom. The molecule has 2 rings (SSSR count). The zero-order valence-corrected chi connectivity index (χ0v) is 13.6. The Labute approximate surface area is 137 Å². The van der Waals surface area contributed by atoms with Crippen LogP contribution in [-0.2, 0) is 4.79 Å². The second-order valence-corrected chi connectivity index (χ2v) is 5.97. The molecule has 21 heavy (non-hydrogen) atoms. The van der Waals surface area contributed by atoms with Crippen molar-refractivity contribution >= 4 is 46.6 Å². The third-order valence-corrected chi connectivity index (χ3v) is 4.37. The van der Waals surface area contributed by atoms with Crippen molar-refractivity contribution in [1.29, 1.82) is 0 Å². The van der Waals surface area contributed by atoms with E-state index in [2.05, 4.69) is 5.32 Å². The molecule has 2 aromatic rings. The first kappa shape index (κ1) is 16.0. The van der Waals surface area contributed by atoms with Crippen molar-refractivity contribution in [2.24, 2.45) is 0 Å². The van der Waals surface area contributed by atoms with Crippen molar-refractivity contribution in [2.45, 2.75) is 4.90 Å². The van der Waals surface area contributed by atoms with Gasteiger partial charge in [0.15, 0.2) is 0 Å². The molecule has 0 fully saturated rings. The molecule has 0 spiro atoms. The van der Waals surface area contributed by atoms with Crippen LogP contribution in [0.2, 0.25) is 10.0 Å². The van der Waals surface area contributed by atoms with Crippen LogP contribution in [0.25, 0.3) is 0 Å². The lowest BCUT2D eigenvalue weighted by atomic mass is 10.3. The van der Waals surface area contributed by atoms with Gasteiger partial charge in [0.05, 0.1) is 23.6 Å². The number of methoxy groups -OCH3 is 1. The van der Waals surface area contributed by atoms with Gasteiger partial charge in [-0.15, -0.1) is 11.8 Å². The van der Waals surface area contributed by atoms with E-state index in [1.54, 1.807) is 37.4 Å². The van der Waals surface area contributed by atoms with E-state index in [1.807, 2.05) is 12.1 Å². The summed E-state index contributed by atoms with van der Waals surface area (Å²) in [7, 11) is 1.56. The molecule has 1 amide bonds. The second kappa shape index (κ2) is 7.59. The predicted octanol–water partition coefficient (Wildman–Crippen LogP) is 4.73. The molecular formula is C15H13Cl2NO2S. The van der Waals surface area contributed by atoms with Gasteiger partial charge in [0.2, 0.25) is 5.91 Å². The fraction of sp³-hybridized carbons (Fsp3) is 0.133. The van der Waals surface area contributed by atoms with Gasteiger partial charge in [0.1, 0.15) is 5.75 Å². The molecule has 0 aliphatic carbocycles. The highest BCUT2D eigenvalue weighted by Gasteiger charge is 2.09. The summed E-state index contributed by atoms with van der Waals surface area (Å²) in [4.78, 5) is 12.8. The number of carbonyl (C=O) groups excluding carboxylic acids is 1. The van der Waals surface area contributed by atoms with Crippen molar-refractivity contribution in [2.75, 3.05) is 18.2 Å². The molecule has 0 aromatic heterocycles. The molecule has 6 heteroatoms. The standard InChI is InChI=1S/C15H13Cl2NO2S/c1-20-13-5-3-2-4-12(13)18-15(19)9-21-14-7-6-10(16)8-11(14)17/h2-8H,9H2,1H3,(H,18,19). The van der Waals surface area contributed by atoms with Gasteiger partial charge in [-0.3, -0.25) is 4.79 Å². The van der Waals surface area contributed by atoms with E-state index in [-0.39, 0.29) is 11.7 Å². The summed E-state index contributed by atoms with van der Waals surface area (Å²) in [5, 5.41) is 3.92. The van der Waals surface area contributed by atoms with Gasteiger partial charge in [-0.05, 0) is 30.3 Å².